The Morgan fingerprint density at radius 1 is 1.08 bits per heavy atom. The van der Waals surface area contributed by atoms with E-state index in [1.807, 2.05) is 51.1 Å². The molecule has 0 bridgehead atoms. The van der Waals surface area contributed by atoms with E-state index in [-0.39, 0.29) is 12.8 Å². The van der Waals surface area contributed by atoms with E-state index >= 15 is 0 Å². The van der Waals surface area contributed by atoms with Gasteiger partial charge in [-0.1, -0.05) is 35.9 Å². The van der Waals surface area contributed by atoms with Crippen LogP contribution in [0.3, 0.4) is 0 Å². The molecule has 0 aliphatic carbocycles. The molecule has 0 aliphatic heterocycles. The van der Waals surface area contributed by atoms with E-state index in [2.05, 4.69) is 16.7 Å². The van der Waals surface area contributed by atoms with Gasteiger partial charge in [-0.15, -0.1) is 0 Å². The number of nitrogens with one attached hydrogen (secondary N) is 2. The SMILES string of the molecule is Cc1ccc(C)c(OCNC(=O)NCCc2cccc(Cl)c2)c1C. The van der Waals surface area contributed by atoms with Gasteiger partial charge >= 0.3 is 6.03 Å². The lowest BCUT2D eigenvalue weighted by Crippen LogP contribution is -2.38. The number of aryl methyl sites for hydroxylation is 2. The Labute approximate surface area is 148 Å². The molecule has 5 heteroatoms. The van der Waals surface area contributed by atoms with Gasteiger partial charge in [-0.05, 0) is 61.6 Å². The molecule has 2 N–H and O–H groups in total. The van der Waals surface area contributed by atoms with Gasteiger partial charge in [0.2, 0.25) is 0 Å². The van der Waals surface area contributed by atoms with Gasteiger partial charge in [0.05, 0.1) is 0 Å². The highest BCUT2D eigenvalue weighted by atomic mass is 35.5. The molecule has 0 fully saturated rings. The fraction of sp³-hybridized carbons (Fsp3) is 0.316. The van der Waals surface area contributed by atoms with E-state index in [1.165, 1.54) is 5.56 Å². The van der Waals surface area contributed by atoms with Crippen molar-refractivity contribution in [3.63, 3.8) is 0 Å². The van der Waals surface area contributed by atoms with E-state index in [1.54, 1.807) is 0 Å². The van der Waals surface area contributed by atoms with E-state index < -0.39 is 0 Å². The number of urea groups is 1. The minimum absolute atomic E-state index is 0.133. The van der Waals surface area contributed by atoms with Crippen LogP contribution in [0.4, 0.5) is 4.79 Å². The van der Waals surface area contributed by atoms with Crippen LogP contribution in [0, 0.1) is 20.8 Å². The van der Waals surface area contributed by atoms with E-state index in [4.69, 9.17) is 16.3 Å². The second kappa shape index (κ2) is 8.60. The van der Waals surface area contributed by atoms with Gasteiger partial charge in [0.15, 0.2) is 6.73 Å². The molecular weight excluding hydrogens is 324 g/mol. The number of amides is 2. The summed E-state index contributed by atoms with van der Waals surface area (Å²) in [7, 11) is 0. The van der Waals surface area contributed by atoms with E-state index in [0.717, 1.165) is 28.9 Å². The number of carbonyl (C=O) groups is 1. The first-order valence-electron chi connectivity index (χ1n) is 7.93. The predicted octanol–water partition coefficient (Wildman–Crippen LogP) is 4.14. The lowest BCUT2D eigenvalue weighted by atomic mass is 10.1. The van der Waals surface area contributed by atoms with Crippen molar-refractivity contribution in [3.8, 4) is 5.75 Å². The molecule has 2 amide bonds. The Morgan fingerprint density at radius 3 is 2.58 bits per heavy atom. The quantitative estimate of drug-likeness (QED) is 0.772. The summed E-state index contributed by atoms with van der Waals surface area (Å²) < 4.78 is 5.71. The second-order valence-corrected chi connectivity index (χ2v) is 6.19. The van der Waals surface area contributed by atoms with Crippen molar-refractivity contribution in [3.05, 3.63) is 63.7 Å². The van der Waals surface area contributed by atoms with Crippen LogP contribution in [-0.4, -0.2) is 19.3 Å². The fourth-order valence-corrected chi connectivity index (χ4v) is 2.61. The molecule has 0 saturated carbocycles. The molecule has 0 spiro atoms. The molecule has 0 unspecified atom stereocenters. The maximum absolute atomic E-state index is 11.8. The summed E-state index contributed by atoms with van der Waals surface area (Å²) >= 11 is 5.93. The van der Waals surface area contributed by atoms with Gasteiger partial charge in [-0.2, -0.15) is 0 Å². The largest absolute Gasteiger partial charge is 0.473 e. The van der Waals surface area contributed by atoms with Gasteiger partial charge < -0.3 is 15.4 Å². The maximum Gasteiger partial charge on any atom is 0.317 e. The van der Waals surface area contributed by atoms with E-state index in [9.17, 15) is 4.79 Å². The Hall–Kier alpha value is -2.20. The molecule has 0 heterocycles. The normalized spacial score (nSPS) is 10.3. The number of carbonyl (C=O) groups excluding carboxylic acids is 1. The zero-order chi connectivity index (χ0) is 17.5. The summed E-state index contributed by atoms with van der Waals surface area (Å²) in [5, 5.41) is 6.21. The Balaban J connectivity index is 1.73. The average Bonchev–Trinajstić information content (AvgIpc) is 2.54. The van der Waals surface area contributed by atoms with Crippen LogP contribution in [-0.2, 0) is 6.42 Å². The molecule has 0 atom stereocenters. The number of hydrogen-bond donors (Lipinski definition) is 2. The summed E-state index contributed by atoms with van der Waals surface area (Å²) in [5.74, 6) is 0.828. The molecule has 0 saturated heterocycles. The number of halogens is 1. The van der Waals surface area contributed by atoms with Gasteiger partial charge in [0, 0.05) is 11.6 Å². The molecule has 0 aliphatic rings. The van der Waals surface area contributed by atoms with Crippen LogP contribution in [0.5, 0.6) is 5.75 Å². The number of benzene rings is 2. The summed E-state index contributed by atoms with van der Waals surface area (Å²) in [6.45, 7) is 6.72. The van der Waals surface area contributed by atoms with Crippen molar-refractivity contribution in [1.29, 1.82) is 0 Å². The molecule has 0 aromatic heterocycles. The van der Waals surface area contributed by atoms with Gasteiger partial charge in [-0.3, -0.25) is 0 Å². The number of hydrogen-bond acceptors (Lipinski definition) is 2. The maximum atomic E-state index is 11.8. The first kappa shape index (κ1) is 18.1. The second-order valence-electron chi connectivity index (χ2n) is 5.75. The summed E-state index contributed by atoms with van der Waals surface area (Å²) in [4.78, 5) is 11.8. The Morgan fingerprint density at radius 2 is 1.83 bits per heavy atom. The first-order valence-corrected chi connectivity index (χ1v) is 8.31. The zero-order valence-electron chi connectivity index (χ0n) is 14.3. The number of rotatable bonds is 6. The monoisotopic (exact) mass is 346 g/mol. The third-order valence-electron chi connectivity index (χ3n) is 3.91. The van der Waals surface area contributed by atoms with Gasteiger partial charge in [0.1, 0.15) is 5.75 Å². The predicted molar refractivity (Wildman–Crippen MR) is 97.8 cm³/mol. The smallest absolute Gasteiger partial charge is 0.317 e. The van der Waals surface area contributed by atoms with Crippen molar-refractivity contribution in [2.24, 2.45) is 0 Å². The average molecular weight is 347 g/mol. The highest BCUT2D eigenvalue weighted by molar-refractivity contribution is 6.30. The highest BCUT2D eigenvalue weighted by Gasteiger charge is 2.07. The molecule has 4 nitrogen and oxygen atoms in total. The Bertz CT molecular complexity index is 717. The van der Waals surface area contributed by atoms with Gasteiger partial charge in [-0.25, -0.2) is 4.79 Å². The topological polar surface area (TPSA) is 50.4 Å². The van der Waals surface area contributed by atoms with Crippen molar-refractivity contribution < 1.29 is 9.53 Å². The molecule has 2 aromatic carbocycles. The zero-order valence-corrected chi connectivity index (χ0v) is 15.0. The minimum Gasteiger partial charge on any atom is -0.473 e. The van der Waals surface area contributed by atoms with Crippen LogP contribution in [0.2, 0.25) is 5.02 Å². The lowest BCUT2D eigenvalue weighted by molar-refractivity contribution is 0.223. The van der Waals surface area contributed by atoms with Crippen molar-refractivity contribution in [2.75, 3.05) is 13.3 Å². The highest BCUT2D eigenvalue weighted by Crippen LogP contribution is 2.25. The summed E-state index contributed by atoms with van der Waals surface area (Å²) in [5.41, 5.74) is 4.41. The number of ether oxygens (including phenoxy) is 1. The molecule has 2 rings (SSSR count). The van der Waals surface area contributed by atoms with Crippen LogP contribution >= 0.6 is 11.6 Å². The van der Waals surface area contributed by atoms with Crippen molar-refractivity contribution in [2.45, 2.75) is 27.2 Å². The molecule has 0 radical (unpaired) electrons. The molecule has 24 heavy (non-hydrogen) atoms. The third-order valence-corrected chi connectivity index (χ3v) is 4.15. The van der Waals surface area contributed by atoms with E-state index in [0.29, 0.717) is 11.6 Å². The molecule has 2 aromatic rings. The Kier molecular flexibility index (Phi) is 6.50. The van der Waals surface area contributed by atoms with Gasteiger partial charge in [0.25, 0.3) is 0 Å². The molecular formula is C19H23ClN2O2. The first-order chi connectivity index (χ1) is 11.5. The van der Waals surface area contributed by atoms with Crippen LogP contribution in [0.15, 0.2) is 36.4 Å². The molecule has 128 valence electrons. The standard InChI is InChI=1S/C19H23ClN2O2/c1-13-7-8-14(2)18(15(13)3)24-12-22-19(23)21-10-9-16-5-4-6-17(20)11-16/h4-8,11H,9-10,12H2,1-3H3,(H2,21,22,23). The lowest BCUT2D eigenvalue weighted by Gasteiger charge is -2.14. The fourth-order valence-electron chi connectivity index (χ4n) is 2.40. The third kappa shape index (κ3) is 5.17. The van der Waals surface area contributed by atoms with Crippen LogP contribution in [0.25, 0.3) is 0 Å². The van der Waals surface area contributed by atoms with Crippen molar-refractivity contribution >= 4 is 17.6 Å². The summed E-state index contributed by atoms with van der Waals surface area (Å²) in [6.07, 6.45) is 0.727. The van der Waals surface area contributed by atoms with Crippen LogP contribution < -0.4 is 15.4 Å². The van der Waals surface area contributed by atoms with Crippen LogP contribution in [0.1, 0.15) is 22.3 Å². The van der Waals surface area contributed by atoms with Crippen molar-refractivity contribution in [1.82, 2.24) is 10.6 Å². The minimum atomic E-state index is -0.250. The summed E-state index contributed by atoms with van der Waals surface area (Å²) in [6, 6.07) is 11.4.